The van der Waals surface area contributed by atoms with Gasteiger partial charge >= 0.3 is 0 Å². The van der Waals surface area contributed by atoms with Crippen molar-refractivity contribution < 1.29 is 13.9 Å². The number of benzene rings is 2. The highest BCUT2D eigenvalue weighted by Crippen LogP contribution is 2.18. The number of ether oxygens (including phenoxy) is 1. The van der Waals surface area contributed by atoms with E-state index in [0.717, 1.165) is 23.4 Å². The van der Waals surface area contributed by atoms with Crippen molar-refractivity contribution in [3.63, 3.8) is 0 Å². The standard InChI is InChI=1S/C24H29N3O3/c1-17(2)27(14-19-9-8-12-21(13-19)29-4)15-23-26-22(16-30-23)24(28)25-18(3)20-10-6-5-7-11-20/h5-13,16-18H,14-15H2,1-4H3,(H,25,28). The molecule has 6 nitrogen and oxygen atoms in total. The van der Waals surface area contributed by atoms with Crippen LogP contribution in [0.2, 0.25) is 0 Å². The van der Waals surface area contributed by atoms with Crippen molar-refractivity contribution >= 4 is 5.91 Å². The fraction of sp³-hybridized carbons (Fsp3) is 0.333. The molecule has 30 heavy (non-hydrogen) atoms. The molecule has 6 heteroatoms. The van der Waals surface area contributed by atoms with Gasteiger partial charge in [0.25, 0.3) is 5.91 Å². The number of methoxy groups -OCH3 is 1. The summed E-state index contributed by atoms with van der Waals surface area (Å²) in [6.07, 6.45) is 1.42. The van der Waals surface area contributed by atoms with Gasteiger partial charge in [-0.3, -0.25) is 9.69 Å². The van der Waals surface area contributed by atoms with E-state index in [1.807, 2.05) is 55.5 Å². The Balaban J connectivity index is 1.64. The number of hydrogen-bond donors (Lipinski definition) is 1. The van der Waals surface area contributed by atoms with E-state index < -0.39 is 0 Å². The lowest BCUT2D eigenvalue weighted by atomic mass is 10.1. The molecular weight excluding hydrogens is 378 g/mol. The zero-order valence-electron chi connectivity index (χ0n) is 18.0. The summed E-state index contributed by atoms with van der Waals surface area (Å²) in [6.45, 7) is 7.43. The number of hydrogen-bond acceptors (Lipinski definition) is 5. The lowest BCUT2D eigenvalue weighted by Gasteiger charge is -2.25. The van der Waals surface area contributed by atoms with E-state index in [-0.39, 0.29) is 23.7 Å². The summed E-state index contributed by atoms with van der Waals surface area (Å²) in [5.74, 6) is 1.10. The van der Waals surface area contributed by atoms with Gasteiger partial charge in [-0.05, 0) is 44.0 Å². The highest BCUT2D eigenvalue weighted by atomic mass is 16.5. The fourth-order valence-electron chi connectivity index (χ4n) is 3.18. The van der Waals surface area contributed by atoms with Gasteiger partial charge in [-0.2, -0.15) is 0 Å². The van der Waals surface area contributed by atoms with Crippen molar-refractivity contribution in [2.75, 3.05) is 7.11 Å². The third-order valence-electron chi connectivity index (χ3n) is 5.02. The molecule has 0 saturated carbocycles. The molecule has 1 atom stereocenters. The Labute approximate surface area is 177 Å². The van der Waals surface area contributed by atoms with Crippen LogP contribution in [0, 0.1) is 0 Å². The van der Waals surface area contributed by atoms with Gasteiger partial charge in [0.15, 0.2) is 5.69 Å². The third kappa shape index (κ3) is 5.70. The molecule has 3 rings (SSSR count). The molecule has 1 unspecified atom stereocenters. The summed E-state index contributed by atoms with van der Waals surface area (Å²) in [5, 5.41) is 2.97. The molecule has 1 aromatic heterocycles. The summed E-state index contributed by atoms with van der Waals surface area (Å²) in [4.78, 5) is 19.2. The Morgan fingerprint density at radius 3 is 2.57 bits per heavy atom. The predicted octanol–water partition coefficient (Wildman–Crippen LogP) is 4.58. The average Bonchev–Trinajstić information content (AvgIpc) is 3.22. The lowest BCUT2D eigenvalue weighted by Crippen LogP contribution is -2.30. The monoisotopic (exact) mass is 407 g/mol. The van der Waals surface area contributed by atoms with E-state index in [1.54, 1.807) is 7.11 Å². The molecule has 0 saturated heterocycles. The van der Waals surface area contributed by atoms with Crippen molar-refractivity contribution in [1.29, 1.82) is 0 Å². The van der Waals surface area contributed by atoms with Gasteiger partial charge in [-0.25, -0.2) is 4.98 Å². The van der Waals surface area contributed by atoms with Crippen LogP contribution < -0.4 is 10.1 Å². The van der Waals surface area contributed by atoms with E-state index in [2.05, 4.69) is 35.1 Å². The number of rotatable bonds is 9. The molecule has 0 aliphatic heterocycles. The Hall–Kier alpha value is -3.12. The Kier molecular flexibility index (Phi) is 7.25. The van der Waals surface area contributed by atoms with Crippen LogP contribution in [0.1, 0.15) is 54.3 Å². The first-order chi connectivity index (χ1) is 14.5. The number of amides is 1. The van der Waals surface area contributed by atoms with E-state index in [4.69, 9.17) is 9.15 Å². The van der Waals surface area contributed by atoms with Crippen molar-refractivity contribution in [2.24, 2.45) is 0 Å². The van der Waals surface area contributed by atoms with Gasteiger partial charge < -0.3 is 14.5 Å². The normalized spacial score (nSPS) is 12.2. The van der Waals surface area contributed by atoms with Gasteiger partial charge in [-0.15, -0.1) is 0 Å². The van der Waals surface area contributed by atoms with Crippen molar-refractivity contribution in [1.82, 2.24) is 15.2 Å². The Morgan fingerprint density at radius 2 is 1.87 bits per heavy atom. The molecule has 1 heterocycles. The number of oxazole rings is 1. The van der Waals surface area contributed by atoms with E-state index in [0.29, 0.717) is 12.4 Å². The maximum absolute atomic E-state index is 12.6. The first kappa shape index (κ1) is 21.6. The van der Waals surface area contributed by atoms with Crippen molar-refractivity contribution in [3.05, 3.63) is 83.6 Å². The molecule has 0 aliphatic rings. The van der Waals surface area contributed by atoms with E-state index in [9.17, 15) is 4.79 Å². The topological polar surface area (TPSA) is 67.6 Å². The number of nitrogens with one attached hydrogen (secondary N) is 1. The summed E-state index contributed by atoms with van der Waals surface area (Å²) in [7, 11) is 1.66. The second kappa shape index (κ2) is 10.1. The lowest BCUT2D eigenvalue weighted by molar-refractivity contribution is 0.0934. The van der Waals surface area contributed by atoms with Crippen LogP contribution in [0.15, 0.2) is 65.3 Å². The van der Waals surface area contributed by atoms with Crippen molar-refractivity contribution in [3.8, 4) is 5.75 Å². The number of aromatic nitrogens is 1. The second-order valence-corrected chi connectivity index (χ2v) is 7.58. The van der Waals surface area contributed by atoms with Gasteiger partial charge in [-0.1, -0.05) is 42.5 Å². The van der Waals surface area contributed by atoms with Crippen LogP contribution >= 0.6 is 0 Å². The Morgan fingerprint density at radius 1 is 1.10 bits per heavy atom. The van der Waals surface area contributed by atoms with Crippen LogP contribution in [-0.2, 0) is 13.1 Å². The fourth-order valence-corrected chi connectivity index (χ4v) is 3.18. The summed E-state index contributed by atoms with van der Waals surface area (Å²) in [5.41, 5.74) is 2.47. The third-order valence-corrected chi connectivity index (χ3v) is 5.02. The van der Waals surface area contributed by atoms with Crippen LogP contribution in [0.5, 0.6) is 5.75 Å². The Bertz CT molecular complexity index is 953. The predicted molar refractivity (Wildman–Crippen MR) is 116 cm³/mol. The molecule has 0 fully saturated rings. The van der Waals surface area contributed by atoms with Gasteiger partial charge in [0.05, 0.1) is 19.7 Å². The zero-order chi connectivity index (χ0) is 21.5. The zero-order valence-corrected chi connectivity index (χ0v) is 18.0. The molecule has 0 radical (unpaired) electrons. The molecule has 1 N–H and O–H groups in total. The largest absolute Gasteiger partial charge is 0.497 e. The minimum Gasteiger partial charge on any atom is -0.497 e. The van der Waals surface area contributed by atoms with E-state index >= 15 is 0 Å². The number of carbonyl (C=O) groups excluding carboxylic acids is 1. The SMILES string of the molecule is COc1cccc(CN(Cc2nc(C(=O)NC(C)c3ccccc3)co2)C(C)C)c1. The van der Waals surface area contributed by atoms with Crippen LogP contribution in [-0.4, -0.2) is 28.9 Å². The van der Waals surface area contributed by atoms with Crippen LogP contribution in [0.4, 0.5) is 0 Å². The molecule has 0 spiro atoms. The minimum atomic E-state index is -0.245. The molecule has 158 valence electrons. The smallest absolute Gasteiger partial charge is 0.273 e. The minimum absolute atomic E-state index is 0.112. The van der Waals surface area contributed by atoms with Gasteiger partial charge in [0.1, 0.15) is 12.0 Å². The number of carbonyl (C=O) groups is 1. The van der Waals surface area contributed by atoms with Crippen LogP contribution in [0.25, 0.3) is 0 Å². The highest BCUT2D eigenvalue weighted by molar-refractivity contribution is 5.92. The second-order valence-electron chi connectivity index (χ2n) is 7.58. The van der Waals surface area contributed by atoms with E-state index in [1.165, 1.54) is 6.26 Å². The average molecular weight is 408 g/mol. The summed E-state index contributed by atoms with van der Waals surface area (Å²) < 4.78 is 10.9. The molecule has 0 bridgehead atoms. The molecular formula is C24H29N3O3. The molecule has 0 aliphatic carbocycles. The van der Waals surface area contributed by atoms with Crippen molar-refractivity contribution in [2.45, 2.75) is 45.9 Å². The maximum Gasteiger partial charge on any atom is 0.273 e. The van der Waals surface area contributed by atoms with Crippen LogP contribution in [0.3, 0.4) is 0 Å². The molecule has 3 aromatic rings. The summed E-state index contributed by atoms with van der Waals surface area (Å²) >= 11 is 0. The molecule has 2 aromatic carbocycles. The first-order valence-electron chi connectivity index (χ1n) is 10.1. The molecule has 1 amide bonds. The van der Waals surface area contributed by atoms with Gasteiger partial charge in [0.2, 0.25) is 5.89 Å². The highest BCUT2D eigenvalue weighted by Gasteiger charge is 2.18. The van der Waals surface area contributed by atoms with Gasteiger partial charge in [0, 0.05) is 12.6 Å². The first-order valence-corrected chi connectivity index (χ1v) is 10.1. The quantitative estimate of drug-likeness (QED) is 0.562. The maximum atomic E-state index is 12.6. The summed E-state index contributed by atoms with van der Waals surface area (Å²) in [6, 6.07) is 18.0. The number of nitrogens with zero attached hydrogens (tertiary/aromatic N) is 2.